The second-order valence-electron chi connectivity index (χ2n) is 5.50. The van der Waals surface area contributed by atoms with Gasteiger partial charge in [0.1, 0.15) is 5.75 Å². The number of ether oxygens (including phenoxy) is 1. The van der Waals surface area contributed by atoms with Crippen LogP contribution in [0.2, 0.25) is 0 Å². The summed E-state index contributed by atoms with van der Waals surface area (Å²) < 4.78 is 38.3. The van der Waals surface area contributed by atoms with Crippen LogP contribution in [0.25, 0.3) is 0 Å². The summed E-state index contributed by atoms with van der Waals surface area (Å²) >= 11 is 0.789. The smallest absolute Gasteiger partial charge is 0.286 e. The van der Waals surface area contributed by atoms with Gasteiger partial charge in [-0.05, 0) is 42.1 Å². The normalized spacial score (nSPS) is 18.3. The van der Waals surface area contributed by atoms with Gasteiger partial charge in [-0.15, -0.1) is 12.4 Å². The average molecular weight is 397 g/mol. The number of nitrogens with zero attached hydrogens (tertiary/aromatic N) is 1. The van der Waals surface area contributed by atoms with Gasteiger partial charge in [0.2, 0.25) is 5.91 Å². The van der Waals surface area contributed by atoms with Crippen LogP contribution in [0.1, 0.15) is 29.2 Å². The zero-order valence-corrected chi connectivity index (χ0v) is 15.8. The van der Waals surface area contributed by atoms with Gasteiger partial charge in [-0.2, -0.15) is 0 Å². The molecule has 0 aliphatic carbocycles. The minimum Gasteiger partial charge on any atom is -0.493 e. The SMILES string of the molecule is Cl.[2H]c1c([2H])c(OCCc2ccc(CC)cn2)c([2H])c([2H])c1CC1SC(=O)NC1=O. The molecule has 0 saturated carbocycles. The number of hydrogen-bond acceptors (Lipinski definition) is 5. The number of aromatic nitrogens is 1. The first-order chi connectivity index (χ1) is 13.8. The lowest BCUT2D eigenvalue weighted by molar-refractivity contribution is -0.118. The lowest BCUT2D eigenvalue weighted by Gasteiger charge is -2.09. The molecule has 1 aliphatic rings. The second kappa shape index (κ2) is 9.59. The van der Waals surface area contributed by atoms with Crippen molar-refractivity contribution in [1.29, 1.82) is 0 Å². The Labute approximate surface area is 169 Å². The molecule has 2 aromatic rings. The Morgan fingerprint density at radius 3 is 2.58 bits per heavy atom. The van der Waals surface area contributed by atoms with Crippen molar-refractivity contribution in [3.63, 3.8) is 0 Å². The van der Waals surface area contributed by atoms with Crippen LogP contribution in [-0.4, -0.2) is 28.0 Å². The highest BCUT2D eigenvalue weighted by Gasteiger charge is 2.31. The van der Waals surface area contributed by atoms with Crippen LogP contribution in [0.3, 0.4) is 0 Å². The number of hydrogen-bond donors (Lipinski definition) is 1. The van der Waals surface area contributed by atoms with Gasteiger partial charge in [-0.25, -0.2) is 0 Å². The fourth-order valence-corrected chi connectivity index (χ4v) is 3.12. The summed E-state index contributed by atoms with van der Waals surface area (Å²) in [6, 6.07) is 2.74. The molecule has 0 bridgehead atoms. The van der Waals surface area contributed by atoms with Gasteiger partial charge in [0, 0.05) is 18.3 Å². The number of pyridine rings is 1. The van der Waals surface area contributed by atoms with E-state index in [1.54, 1.807) is 6.20 Å². The molecule has 1 atom stereocenters. The standard InChI is InChI=1S/C19H20N2O3S.ClH/c1-2-13-3-6-15(20-12-13)9-10-24-16-7-4-14(5-8-16)11-17-18(22)21-19(23)25-17;/h3-8,12,17H,2,9-11H2,1H3,(H,21,22,23);1H/i4D,5D,7D,8D;. The summed E-state index contributed by atoms with van der Waals surface area (Å²) in [5, 5.41) is 0.914. The van der Waals surface area contributed by atoms with E-state index >= 15 is 0 Å². The van der Waals surface area contributed by atoms with Crippen LogP contribution in [0.15, 0.2) is 42.5 Å². The van der Waals surface area contributed by atoms with Gasteiger partial charge in [0.15, 0.2) is 0 Å². The van der Waals surface area contributed by atoms with E-state index in [0.29, 0.717) is 6.42 Å². The van der Waals surface area contributed by atoms with E-state index in [9.17, 15) is 9.59 Å². The number of halogens is 1. The maximum atomic E-state index is 11.8. The molecule has 5 nitrogen and oxygen atoms in total. The van der Waals surface area contributed by atoms with E-state index in [2.05, 4.69) is 10.3 Å². The monoisotopic (exact) mass is 396 g/mol. The predicted octanol–water partition coefficient (Wildman–Crippen LogP) is 3.58. The number of benzene rings is 1. The van der Waals surface area contributed by atoms with Crippen molar-refractivity contribution in [3.05, 3.63) is 59.3 Å². The maximum Gasteiger partial charge on any atom is 0.286 e. The number of carbonyl (C=O) groups is 2. The Morgan fingerprint density at radius 2 is 2.00 bits per heavy atom. The van der Waals surface area contributed by atoms with Gasteiger partial charge in [0.05, 0.1) is 17.3 Å². The fraction of sp³-hybridized carbons (Fsp3) is 0.316. The van der Waals surface area contributed by atoms with Gasteiger partial charge >= 0.3 is 0 Å². The summed E-state index contributed by atoms with van der Waals surface area (Å²) in [7, 11) is 0. The van der Waals surface area contributed by atoms with Gasteiger partial charge in [-0.1, -0.05) is 36.8 Å². The molecule has 1 aromatic heterocycles. The van der Waals surface area contributed by atoms with Crippen molar-refractivity contribution in [1.82, 2.24) is 10.3 Å². The lowest BCUT2D eigenvalue weighted by Crippen LogP contribution is -2.25. The first kappa shape index (κ1) is 15.1. The lowest BCUT2D eigenvalue weighted by atomic mass is 10.1. The highest BCUT2D eigenvalue weighted by atomic mass is 35.5. The number of thioether (sulfide) groups is 1. The molecule has 2 heterocycles. The number of imide groups is 1. The van der Waals surface area contributed by atoms with Crippen LogP contribution in [0.5, 0.6) is 5.75 Å². The van der Waals surface area contributed by atoms with Crippen LogP contribution in [-0.2, 0) is 24.1 Å². The maximum absolute atomic E-state index is 11.8. The predicted molar refractivity (Wildman–Crippen MR) is 105 cm³/mol. The van der Waals surface area contributed by atoms with Crippen molar-refractivity contribution in [2.24, 2.45) is 0 Å². The molecule has 1 saturated heterocycles. The van der Waals surface area contributed by atoms with E-state index in [0.717, 1.165) is 29.4 Å². The van der Waals surface area contributed by atoms with Crippen molar-refractivity contribution >= 4 is 35.3 Å². The first-order valence-corrected chi connectivity index (χ1v) is 8.87. The first-order valence-electron chi connectivity index (χ1n) is 9.99. The number of aryl methyl sites for hydroxylation is 1. The number of nitrogens with one attached hydrogen (secondary N) is 1. The molecule has 0 spiro atoms. The number of carbonyl (C=O) groups excluding carboxylic acids is 2. The van der Waals surface area contributed by atoms with E-state index < -0.39 is 16.4 Å². The molecule has 1 fully saturated rings. The molecule has 3 rings (SSSR count). The summed E-state index contributed by atoms with van der Waals surface area (Å²) in [6.07, 6.45) is 3.09. The van der Waals surface area contributed by atoms with Crippen LogP contribution < -0.4 is 10.1 Å². The van der Waals surface area contributed by atoms with Crippen molar-refractivity contribution in [2.75, 3.05) is 6.61 Å². The average Bonchev–Trinajstić information content (AvgIpc) is 3.03. The van der Waals surface area contributed by atoms with Crippen molar-refractivity contribution in [3.8, 4) is 5.75 Å². The molecule has 26 heavy (non-hydrogen) atoms. The Hall–Kier alpha value is -2.05. The van der Waals surface area contributed by atoms with Crippen LogP contribution in [0.4, 0.5) is 4.79 Å². The summed E-state index contributed by atoms with van der Waals surface area (Å²) in [6.45, 7) is 2.20. The van der Waals surface area contributed by atoms with Crippen molar-refractivity contribution in [2.45, 2.75) is 31.4 Å². The summed E-state index contributed by atoms with van der Waals surface area (Å²) in [5.74, 6) is -0.618. The van der Waals surface area contributed by atoms with Crippen LogP contribution in [0, 0.1) is 0 Å². The fourth-order valence-electron chi connectivity index (χ4n) is 2.28. The molecule has 7 heteroatoms. The highest BCUT2D eigenvalue weighted by molar-refractivity contribution is 8.15. The summed E-state index contributed by atoms with van der Waals surface area (Å²) in [4.78, 5) is 27.4. The van der Waals surface area contributed by atoms with E-state index in [1.165, 1.54) is 0 Å². The van der Waals surface area contributed by atoms with E-state index in [-0.39, 0.29) is 60.9 Å². The number of amides is 2. The molecular weight excluding hydrogens is 372 g/mol. The molecular formula is C19H21ClN2O3S. The van der Waals surface area contributed by atoms with Gasteiger partial charge in [0.25, 0.3) is 5.24 Å². The minimum atomic E-state index is -0.765. The van der Waals surface area contributed by atoms with Crippen LogP contribution >= 0.6 is 24.2 Å². The molecule has 1 aromatic carbocycles. The molecule has 138 valence electrons. The number of rotatable bonds is 7. The van der Waals surface area contributed by atoms with Crippen molar-refractivity contribution < 1.29 is 19.8 Å². The Bertz CT molecular complexity index is 931. The Morgan fingerprint density at radius 1 is 1.23 bits per heavy atom. The molecule has 1 unspecified atom stereocenters. The minimum absolute atomic E-state index is 0. The molecule has 1 aliphatic heterocycles. The Kier molecular flexibility index (Phi) is 5.55. The zero-order valence-electron chi connectivity index (χ0n) is 18.1. The van der Waals surface area contributed by atoms with Gasteiger partial charge in [-0.3, -0.25) is 19.9 Å². The third-order valence-electron chi connectivity index (χ3n) is 3.71. The quantitative estimate of drug-likeness (QED) is 0.774. The van der Waals surface area contributed by atoms with E-state index in [1.807, 2.05) is 19.1 Å². The highest BCUT2D eigenvalue weighted by Crippen LogP contribution is 2.23. The second-order valence-corrected chi connectivity index (χ2v) is 6.68. The zero-order chi connectivity index (χ0) is 21.1. The topological polar surface area (TPSA) is 68.3 Å². The third kappa shape index (κ3) is 5.47. The summed E-state index contributed by atoms with van der Waals surface area (Å²) in [5.41, 5.74) is 2.02. The molecule has 0 radical (unpaired) electrons. The van der Waals surface area contributed by atoms with E-state index in [4.69, 9.17) is 10.2 Å². The third-order valence-corrected chi connectivity index (χ3v) is 4.69. The largest absolute Gasteiger partial charge is 0.493 e. The molecule has 1 N–H and O–H groups in total. The molecule has 2 amide bonds. The Balaban J connectivity index is 0.00000320. The van der Waals surface area contributed by atoms with Gasteiger partial charge < -0.3 is 4.74 Å².